The van der Waals surface area contributed by atoms with Crippen molar-refractivity contribution in [2.75, 3.05) is 19.8 Å². The number of carbonyl (C=O) groups excluding carboxylic acids is 2. The van der Waals surface area contributed by atoms with Crippen molar-refractivity contribution in [3.8, 4) is 0 Å². The molecule has 0 aliphatic carbocycles. The molecule has 0 spiro atoms. The Labute approximate surface area is 129 Å². The van der Waals surface area contributed by atoms with Gasteiger partial charge in [-0.1, -0.05) is 0 Å². The van der Waals surface area contributed by atoms with Crippen LogP contribution in [0.5, 0.6) is 0 Å². The summed E-state index contributed by atoms with van der Waals surface area (Å²) in [5.41, 5.74) is -0.616. The number of hydrogen-bond donors (Lipinski definition) is 1. The first kappa shape index (κ1) is 17.5. The van der Waals surface area contributed by atoms with Gasteiger partial charge in [0.25, 0.3) is 0 Å². The standard InChI is InChI=1S/C14H21N3O5/c1-11(17-6-5-15-10-17)20-7-8-21-12(18)9-16-13(19)22-14(2,3)4/h5-6,10H,1,7-9H2,2-4H3,(H,16,19). The number of nitrogens with zero attached hydrogens (tertiary/aromatic N) is 2. The molecule has 0 unspecified atom stereocenters. The molecule has 0 saturated heterocycles. The Balaban J connectivity index is 2.11. The molecule has 0 atom stereocenters. The molecule has 0 aromatic carbocycles. The number of rotatable bonds is 7. The minimum absolute atomic E-state index is 0.0442. The molecule has 0 radical (unpaired) electrons. The number of imidazole rings is 1. The van der Waals surface area contributed by atoms with Crippen LogP contribution in [0.25, 0.3) is 5.88 Å². The smallest absolute Gasteiger partial charge is 0.408 e. The Morgan fingerprint density at radius 1 is 1.27 bits per heavy atom. The summed E-state index contributed by atoms with van der Waals surface area (Å²) in [4.78, 5) is 26.6. The molecular weight excluding hydrogens is 290 g/mol. The topological polar surface area (TPSA) is 91.7 Å². The van der Waals surface area contributed by atoms with Gasteiger partial charge >= 0.3 is 12.1 Å². The van der Waals surface area contributed by atoms with Crippen molar-refractivity contribution in [2.24, 2.45) is 0 Å². The lowest BCUT2D eigenvalue weighted by Crippen LogP contribution is -2.36. The highest BCUT2D eigenvalue weighted by molar-refractivity contribution is 5.77. The van der Waals surface area contributed by atoms with Gasteiger partial charge in [0.05, 0.1) is 0 Å². The quantitative estimate of drug-likeness (QED) is 0.465. The molecule has 1 aromatic rings. The summed E-state index contributed by atoms with van der Waals surface area (Å²) in [5.74, 6) is -0.205. The van der Waals surface area contributed by atoms with Gasteiger partial charge < -0.3 is 19.5 Å². The summed E-state index contributed by atoms with van der Waals surface area (Å²) in [6.07, 6.45) is 4.14. The minimum Gasteiger partial charge on any atom is -0.475 e. The average Bonchev–Trinajstić information content (AvgIpc) is 2.93. The summed E-state index contributed by atoms with van der Waals surface area (Å²) in [6, 6.07) is 0. The molecule has 0 saturated carbocycles. The Morgan fingerprint density at radius 3 is 2.55 bits per heavy atom. The molecule has 1 heterocycles. The van der Waals surface area contributed by atoms with Crippen LogP contribution in [0, 0.1) is 0 Å². The number of alkyl carbamates (subject to hydrolysis) is 1. The first-order chi connectivity index (χ1) is 10.3. The van der Waals surface area contributed by atoms with Crippen LogP contribution in [0.1, 0.15) is 20.8 Å². The predicted molar refractivity (Wildman–Crippen MR) is 78.7 cm³/mol. The Morgan fingerprint density at radius 2 is 1.95 bits per heavy atom. The number of nitrogens with one attached hydrogen (secondary N) is 1. The molecular formula is C14H21N3O5. The maximum atomic E-state index is 11.4. The summed E-state index contributed by atoms with van der Waals surface area (Å²) in [5, 5.41) is 2.30. The van der Waals surface area contributed by atoms with Gasteiger partial charge in [-0.15, -0.1) is 0 Å². The van der Waals surface area contributed by atoms with Gasteiger partial charge in [-0.05, 0) is 27.4 Å². The molecule has 8 nitrogen and oxygen atoms in total. The first-order valence-corrected chi connectivity index (χ1v) is 6.70. The third kappa shape index (κ3) is 7.32. The Kier molecular flexibility index (Phi) is 6.43. The molecule has 1 rings (SSSR count). The van der Waals surface area contributed by atoms with Crippen LogP contribution >= 0.6 is 0 Å². The van der Waals surface area contributed by atoms with Crippen LogP contribution < -0.4 is 5.32 Å². The van der Waals surface area contributed by atoms with Crippen molar-refractivity contribution in [3.05, 3.63) is 25.3 Å². The second-order valence-corrected chi connectivity index (χ2v) is 5.29. The number of ether oxygens (including phenoxy) is 3. The maximum absolute atomic E-state index is 11.4. The highest BCUT2D eigenvalue weighted by Gasteiger charge is 2.16. The number of aromatic nitrogens is 2. The fourth-order valence-corrected chi connectivity index (χ4v) is 1.31. The largest absolute Gasteiger partial charge is 0.475 e. The van der Waals surface area contributed by atoms with E-state index in [0.717, 1.165) is 0 Å². The zero-order valence-electron chi connectivity index (χ0n) is 13.0. The molecule has 1 aromatic heterocycles. The normalized spacial score (nSPS) is 10.7. The number of amides is 1. The lowest BCUT2D eigenvalue weighted by atomic mass is 10.2. The van der Waals surface area contributed by atoms with E-state index in [2.05, 4.69) is 16.9 Å². The van der Waals surface area contributed by atoms with Crippen molar-refractivity contribution < 1.29 is 23.8 Å². The number of esters is 1. The summed E-state index contributed by atoms with van der Waals surface area (Å²) < 4.78 is 16.7. The highest BCUT2D eigenvalue weighted by Crippen LogP contribution is 2.06. The number of carbonyl (C=O) groups is 2. The molecule has 0 aliphatic heterocycles. The van der Waals surface area contributed by atoms with Crippen molar-refractivity contribution in [2.45, 2.75) is 26.4 Å². The van der Waals surface area contributed by atoms with Crippen LogP contribution in [0.3, 0.4) is 0 Å². The van der Waals surface area contributed by atoms with E-state index in [1.807, 2.05) is 0 Å². The Hall–Kier alpha value is -2.51. The average molecular weight is 311 g/mol. The summed E-state index contributed by atoms with van der Waals surface area (Å²) >= 11 is 0. The van der Waals surface area contributed by atoms with Gasteiger partial charge in [-0.25, -0.2) is 9.78 Å². The van der Waals surface area contributed by atoms with Crippen LogP contribution in [0.15, 0.2) is 25.3 Å². The predicted octanol–water partition coefficient (Wildman–Crippen LogP) is 1.40. The van der Waals surface area contributed by atoms with Crippen molar-refractivity contribution in [1.29, 1.82) is 0 Å². The van der Waals surface area contributed by atoms with Crippen LogP contribution in [-0.2, 0) is 19.0 Å². The molecule has 1 N–H and O–H groups in total. The molecule has 0 aliphatic rings. The molecule has 22 heavy (non-hydrogen) atoms. The van der Waals surface area contributed by atoms with E-state index >= 15 is 0 Å². The minimum atomic E-state index is -0.672. The maximum Gasteiger partial charge on any atom is 0.408 e. The first-order valence-electron chi connectivity index (χ1n) is 6.70. The monoisotopic (exact) mass is 311 g/mol. The van der Waals surface area contributed by atoms with Gasteiger partial charge in [-0.3, -0.25) is 9.36 Å². The van der Waals surface area contributed by atoms with E-state index in [4.69, 9.17) is 14.2 Å². The van der Waals surface area contributed by atoms with Gasteiger partial charge in [0.15, 0.2) is 5.88 Å². The van der Waals surface area contributed by atoms with E-state index < -0.39 is 17.7 Å². The zero-order valence-corrected chi connectivity index (χ0v) is 13.0. The third-order valence-corrected chi connectivity index (χ3v) is 2.18. The van der Waals surface area contributed by atoms with E-state index in [1.165, 1.54) is 0 Å². The van der Waals surface area contributed by atoms with E-state index in [1.54, 1.807) is 44.1 Å². The fourth-order valence-electron chi connectivity index (χ4n) is 1.31. The zero-order chi connectivity index (χ0) is 16.6. The Bertz CT molecular complexity index is 505. The second-order valence-electron chi connectivity index (χ2n) is 5.29. The molecule has 0 fully saturated rings. The lowest BCUT2D eigenvalue weighted by Gasteiger charge is -2.19. The summed E-state index contributed by atoms with van der Waals surface area (Å²) in [6.45, 7) is 8.81. The molecule has 1 amide bonds. The van der Waals surface area contributed by atoms with Gasteiger partial charge in [0.2, 0.25) is 0 Å². The second kappa shape index (κ2) is 8.06. The molecule has 122 valence electrons. The van der Waals surface area contributed by atoms with Gasteiger partial charge in [0, 0.05) is 12.4 Å². The van der Waals surface area contributed by atoms with E-state index in [0.29, 0.717) is 5.88 Å². The SMILES string of the molecule is C=C(OCCOC(=O)CNC(=O)OC(C)(C)C)n1ccnc1. The molecule has 8 heteroatoms. The van der Waals surface area contributed by atoms with Crippen LogP contribution in [0.4, 0.5) is 4.79 Å². The van der Waals surface area contributed by atoms with Gasteiger partial charge in [0.1, 0.15) is 31.7 Å². The van der Waals surface area contributed by atoms with Crippen molar-refractivity contribution >= 4 is 17.9 Å². The lowest BCUT2D eigenvalue weighted by molar-refractivity contribution is -0.143. The van der Waals surface area contributed by atoms with Crippen LogP contribution in [-0.4, -0.2) is 47.0 Å². The summed E-state index contributed by atoms with van der Waals surface area (Å²) in [7, 11) is 0. The molecule has 0 bridgehead atoms. The van der Waals surface area contributed by atoms with Crippen molar-refractivity contribution in [1.82, 2.24) is 14.9 Å². The van der Waals surface area contributed by atoms with E-state index in [-0.39, 0.29) is 19.8 Å². The fraction of sp³-hybridized carbons (Fsp3) is 0.500. The van der Waals surface area contributed by atoms with E-state index in [9.17, 15) is 9.59 Å². The third-order valence-electron chi connectivity index (χ3n) is 2.18. The van der Waals surface area contributed by atoms with Gasteiger partial charge in [-0.2, -0.15) is 0 Å². The van der Waals surface area contributed by atoms with Crippen LogP contribution in [0.2, 0.25) is 0 Å². The number of hydrogen-bond acceptors (Lipinski definition) is 6. The van der Waals surface area contributed by atoms with Crippen molar-refractivity contribution in [3.63, 3.8) is 0 Å². The highest BCUT2D eigenvalue weighted by atomic mass is 16.6.